The van der Waals surface area contributed by atoms with Gasteiger partial charge >= 0.3 is 0 Å². The number of phenolic OH excluding ortho intramolecular Hbond substituents is 1. The second kappa shape index (κ2) is 6.72. The van der Waals surface area contributed by atoms with Crippen molar-refractivity contribution in [2.24, 2.45) is 17.3 Å². The Hall–Kier alpha value is -1.61. The third-order valence-corrected chi connectivity index (χ3v) is 6.35. The van der Waals surface area contributed by atoms with Gasteiger partial charge in [-0.25, -0.2) is 0 Å². The Morgan fingerprint density at radius 1 is 1.38 bits per heavy atom. The fourth-order valence-corrected chi connectivity index (χ4v) is 5.09. The van der Waals surface area contributed by atoms with Crippen LogP contribution in [0.1, 0.15) is 50.2 Å². The summed E-state index contributed by atoms with van der Waals surface area (Å²) in [5, 5.41) is 19.0. The van der Waals surface area contributed by atoms with Crippen LogP contribution in [0.4, 0.5) is 0 Å². The van der Waals surface area contributed by atoms with E-state index in [1.807, 2.05) is 18.2 Å². The van der Waals surface area contributed by atoms with Gasteiger partial charge in [-0.05, 0) is 73.1 Å². The highest BCUT2D eigenvalue weighted by Crippen LogP contribution is 2.57. The molecule has 0 heterocycles. The van der Waals surface area contributed by atoms with Gasteiger partial charge in [0.25, 0.3) is 0 Å². The average Bonchev–Trinajstić information content (AvgIpc) is 2.85. The van der Waals surface area contributed by atoms with Crippen molar-refractivity contribution in [3.63, 3.8) is 0 Å². The Balaban J connectivity index is 1.77. The largest absolute Gasteiger partial charge is 0.508 e. The van der Waals surface area contributed by atoms with Crippen LogP contribution in [0.2, 0.25) is 0 Å². The molecule has 1 aromatic rings. The summed E-state index contributed by atoms with van der Waals surface area (Å²) in [6, 6.07) is 5.53. The number of Topliss-reactive ketones (excluding diaryl/α,β-unsaturated/α-hetero) is 1. The molecule has 0 bridgehead atoms. The number of aliphatic hydroxyl groups excluding tert-OH is 1. The molecule has 0 spiro atoms. The van der Waals surface area contributed by atoms with Crippen LogP contribution in [0.5, 0.6) is 5.75 Å². The SMILES string of the molecule is Cc1ccc(O)cc1CCC1CC(=O)CC2(C)C(=CCO)CCC12. The third kappa shape index (κ3) is 3.14. The van der Waals surface area contributed by atoms with Crippen molar-refractivity contribution in [1.29, 1.82) is 0 Å². The Morgan fingerprint density at radius 2 is 2.17 bits per heavy atom. The third-order valence-electron chi connectivity index (χ3n) is 6.35. The van der Waals surface area contributed by atoms with Crippen LogP contribution in [0, 0.1) is 24.2 Å². The summed E-state index contributed by atoms with van der Waals surface area (Å²) in [4.78, 5) is 12.4. The van der Waals surface area contributed by atoms with E-state index in [9.17, 15) is 15.0 Å². The van der Waals surface area contributed by atoms with E-state index in [0.717, 1.165) is 25.7 Å². The average molecular weight is 328 g/mol. The fraction of sp³-hybridized carbons (Fsp3) is 0.571. The van der Waals surface area contributed by atoms with E-state index in [-0.39, 0.29) is 12.0 Å². The molecule has 130 valence electrons. The summed E-state index contributed by atoms with van der Waals surface area (Å²) in [6.07, 6.45) is 7.27. The van der Waals surface area contributed by atoms with Crippen LogP contribution in [0.25, 0.3) is 0 Å². The lowest BCUT2D eigenvalue weighted by atomic mass is 9.61. The monoisotopic (exact) mass is 328 g/mol. The van der Waals surface area contributed by atoms with Crippen molar-refractivity contribution in [2.45, 2.75) is 52.4 Å². The van der Waals surface area contributed by atoms with Crippen molar-refractivity contribution < 1.29 is 15.0 Å². The molecular formula is C21H28O3. The van der Waals surface area contributed by atoms with Crippen molar-refractivity contribution in [3.8, 4) is 5.75 Å². The molecule has 2 fully saturated rings. The predicted octanol–water partition coefficient (Wildman–Crippen LogP) is 3.95. The number of benzene rings is 1. The topological polar surface area (TPSA) is 57.5 Å². The molecule has 3 rings (SSSR count). The summed E-state index contributed by atoms with van der Waals surface area (Å²) in [6.45, 7) is 4.36. The molecule has 1 aromatic carbocycles. The van der Waals surface area contributed by atoms with Crippen LogP contribution >= 0.6 is 0 Å². The van der Waals surface area contributed by atoms with E-state index in [1.54, 1.807) is 6.07 Å². The van der Waals surface area contributed by atoms with E-state index < -0.39 is 0 Å². The van der Waals surface area contributed by atoms with E-state index >= 15 is 0 Å². The number of carbonyl (C=O) groups is 1. The summed E-state index contributed by atoms with van der Waals surface area (Å²) in [5.74, 6) is 1.61. The number of carbonyl (C=O) groups excluding carboxylic acids is 1. The number of hydrogen-bond donors (Lipinski definition) is 2. The number of rotatable bonds is 4. The first-order valence-corrected chi connectivity index (χ1v) is 9.04. The molecule has 0 amide bonds. The number of allylic oxidation sites excluding steroid dienone is 1. The van der Waals surface area contributed by atoms with Crippen LogP contribution < -0.4 is 0 Å². The molecule has 3 atom stereocenters. The van der Waals surface area contributed by atoms with E-state index in [2.05, 4.69) is 13.8 Å². The smallest absolute Gasteiger partial charge is 0.134 e. The number of ketones is 1. The molecule has 24 heavy (non-hydrogen) atoms. The molecule has 3 heteroatoms. The van der Waals surface area contributed by atoms with E-state index in [0.29, 0.717) is 36.2 Å². The minimum Gasteiger partial charge on any atom is -0.508 e. The lowest BCUT2D eigenvalue weighted by Gasteiger charge is -2.42. The van der Waals surface area contributed by atoms with Gasteiger partial charge in [-0.3, -0.25) is 4.79 Å². The zero-order valence-corrected chi connectivity index (χ0v) is 14.7. The van der Waals surface area contributed by atoms with Gasteiger partial charge in [0.2, 0.25) is 0 Å². The van der Waals surface area contributed by atoms with E-state index in [4.69, 9.17) is 0 Å². The lowest BCUT2D eigenvalue weighted by Crippen LogP contribution is -2.38. The first kappa shape index (κ1) is 17.2. The van der Waals surface area contributed by atoms with Crippen LogP contribution in [-0.4, -0.2) is 22.6 Å². The molecule has 0 aromatic heterocycles. The van der Waals surface area contributed by atoms with Gasteiger partial charge < -0.3 is 10.2 Å². The van der Waals surface area contributed by atoms with Gasteiger partial charge in [-0.2, -0.15) is 0 Å². The number of aliphatic hydroxyl groups is 1. The number of aromatic hydroxyl groups is 1. The van der Waals surface area contributed by atoms with Gasteiger partial charge in [-0.1, -0.05) is 24.6 Å². The maximum atomic E-state index is 12.4. The van der Waals surface area contributed by atoms with Gasteiger partial charge in [0, 0.05) is 12.8 Å². The quantitative estimate of drug-likeness (QED) is 0.823. The fourth-order valence-electron chi connectivity index (χ4n) is 5.09. The molecule has 0 radical (unpaired) electrons. The highest BCUT2D eigenvalue weighted by Gasteiger charge is 2.50. The first-order valence-electron chi connectivity index (χ1n) is 9.04. The van der Waals surface area contributed by atoms with Crippen molar-refractivity contribution in [2.75, 3.05) is 6.61 Å². The standard InChI is InChI=1S/C21H28O3/c1-14-3-7-18(23)11-15(14)4-5-16-12-19(24)13-21(2)17(9-10-22)6-8-20(16)21/h3,7,9,11,16,20,22-23H,4-6,8,10,12-13H2,1-2H3. The molecule has 0 aliphatic heterocycles. The minimum atomic E-state index is -0.0589. The number of phenols is 1. The minimum absolute atomic E-state index is 0.0589. The van der Waals surface area contributed by atoms with Crippen LogP contribution in [0.3, 0.4) is 0 Å². The van der Waals surface area contributed by atoms with Gasteiger partial charge in [0.15, 0.2) is 0 Å². The predicted molar refractivity (Wildman–Crippen MR) is 94.9 cm³/mol. The van der Waals surface area contributed by atoms with Crippen LogP contribution in [0.15, 0.2) is 29.8 Å². The zero-order valence-electron chi connectivity index (χ0n) is 14.7. The van der Waals surface area contributed by atoms with Crippen molar-refractivity contribution in [3.05, 3.63) is 41.0 Å². The summed E-state index contributed by atoms with van der Waals surface area (Å²) < 4.78 is 0. The van der Waals surface area contributed by atoms with Crippen molar-refractivity contribution >= 4 is 5.78 Å². The zero-order chi connectivity index (χ0) is 17.3. The molecule has 2 N–H and O–H groups in total. The van der Waals surface area contributed by atoms with Gasteiger partial charge in [-0.15, -0.1) is 0 Å². The lowest BCUT2D eigenvalue weighted by molar-refractivity contribution is -0.126. The number of hydrogen-bond acceptors (Lipinski definition) is 3. The molecule has 0 saturated heterocycles. The Labute approximate surface area is 144 Å². The Kier molecular flexibility index (Phi) is 4.82. The number of fused-ring (bicyclic) bond motifs is 1. The Bertz CT molecular complexity index is 661. The first-order chi connectivity index (χ1) is 11.4. The number of aryl methyl sites for hydroxylation is 2. The van der Waals surface area contributed by atoms with Gasteiger partial charge in [0.05, 0.1) is 6.61 Å². The summed E-state index contributed by atoms with van der Waals surface area (Å²) in [7, 11) is 0. The molecule has 2 aliphatic rings. The molecule has 3 unspecified atom stereocenters. The molecule has 2 saturated carbocycles. The highest BCUT2D eigenvalue weighted by molar-refractivity contribution is 5.81. The van der Waals surface area contributed by atoms with Gasteiger partial charge in [0.1, 0.15) is 11.5 Å². The molecule has 2 aliphatic carbocycles. The maximum absolute atomic E-state index is 12.4. The maximum Gasteiger partial charge on any atom is 0.134 e. The molecular weight excluding hydrogens is 300 g/mol. The second-order valence-corrected chi connectivity index (χ2v) is 7.80. The normalized spacial score (nSPS) is 31.5. The summed E-state index contributed by atoms with van der Waals surface area (Å²) in [5.41, 5.74) is 3.60. The second-order valence-electron chi connectivity index (χ2n) is 7.80. The Morgan fingerprint density at radius 3 is 2.92 bits per heavy atom. The summed E-state index contributed by atoms with van der Waals surface area (Å²) >= 11 is 0. The van der Waals surface area contributed by atoms with Crippen molar-refractivity contribution in [1.82, 2.24) is 0 Å². The highest BCUT2D eigenvalue weighted by atomic mass is 16.3. The van der Waals surface area contributed by atoms with Crippen LogP contribution in [-0.2, 0) is 11.2 Å². The molecule has 3 nitrogen and oxygen atoms in total. The van der Waals surface area contributed by atoms with E-state index in [1.165, 1.54) is 16.7 Å².